The van der Waals surface area contributed by atoms with Crippen LogP contribution >= 0.6 is 0 Å². The predicted octanol–water partition coefficient (Wildman–Crippen LogP) is 2.70. The van der Waals surface area contributed by atoms with E-state index in [1.807, 2.05) is 13.0 Å². The third-order valence-electron chi connectivity index (χ3n) is 2.77. The van der Waals surface area contributed by atoms with Gasteiger partial charge in [0.2, 0.25) is 0 Å². The van der Waals surface area contributed by atoms with Gasteiger partial charge in [0.15, 0.2) is 0 Å². The minimum Gasteiger partial charge on any atom is -0.389 e. The molecular weight excluding hydrogens is 240 g/mol. The first-order chi connectivity index (χ1) is 9.06. The van der Waals surface area contributed by atoms with Crippen molar-refractivity contribution in [3.05, 3.63) is 59.4 Å². The summed E-state index contributed by atoms with van der Waals surface area (Å²) in [5, 5.41) is 12.2. The summed E-state index contributed by atoms with van der Waals surface area (Å²) in [5.41, 5.74) is 2.68. The summed E-state index contributed by atoms with van der Waals surface area (Å²) in [5.74, 6) is -0.242. The predicted molar refractivity (Wildman–Crippen MR) is 74.0 cm³/mol. The number of rotatable bonds is 3. The van der Waals surface area contributed by atoms with Crippen LogP contribution in [0.25, 0.3) is 0 Å². The molecule has 2 N–H and O–H groups in total. The molecule has 1 aromatic carbocycles. The number of nitrogens with zero attached hydrogens (tertiary/aromatic N) is 1. The van der Waals surface area contributed by atoms with E-state index in [0.717, 1.165) is 11.3 Å². The van der Waals surface area contributed by atoms with Gasteiger partial charge in [-0.05, 0) is 43.7 Å². The van der Waals surface area contributed by atoms with Crippen LogP contribution in [0.3, 0.4) is 0 Å². The molecule has 0 saturated heterocycles. The molecule has 1 heterocycles. The lowest BCUT2D eigenvalue weighted by Gasteiger charge is -2.08. The smallest absolute Gasteiger partial charge is 0.274 e. The van der Waals surface area contributed by atoms with E-state index in [1.54, 1.807) is 43.3 Å². The number of aliphatic hydroxyl groups is 1. The molecule has 2 aromatic rings. The zero-order chi connectivity index (χ0) is 13.8. The molecule has 4 heteroatoms. The summed E-state index contributed by atoms with van der Waals surface area (Å²) in [7, 11) is 0. The Balaban J connectivity index is 2.10. The van der Waals surface area contributed by atoms with Crippen molar-refractivity contribution in [2.45, 2.75) is 20.0 Å². The third-order valence-corrected chi connectivity index (χ3v) is 2.77. The zero-order valence-electron chi connectivity index (χ0n) is 10.9. The van der Waals surface area contributed by atoms with Gasteiger partial charge in [0, 0.05) is 11.4 Å². The molecule has 0 unspecified atom stereocenters. The average molecular weight is 256 g/mol. The van der Waals surface area contributed by atoms with Crippen molar-refractivity contribution in [1.29, 1.82) is 0 Å². The Bertz CT molecular complexity index is 577. The number of carbonyl (C=O) groups excluding carboxylic acids is 1. The average Bonchev–Trinajstić information content (AvgIpc) is 2.39. The van der Waals surface area contributed by atoms with Crippen LogP contribution in [0.2, 0.25) is 0 Å². The van der Waals surface area contributed by atoms with Crippen LogP contribution in [-0.2, 0) is 0 Å². The van der Waals surface area contributed by atoms with E-state index >= 15 is 0 Å². The van der Waals surface area contributed by atoms with E-state index in [-0.39, 0.29) is 5.91 Å². The highest BCUT2D eigenvalue weighted by molar-refractivity contribution is 6.02. The lowest BCUT2D eigenvalue weighted by Crippen LogP contribution is -2.13. The van der Waals surface area contributed by atoms with Crippen LogP contribution in [0.4, 0.5) is 5.69 Å². The van der Waals surface area contributed by atoms with Crippen LogP contribution in [0.1, 0.15) is 34.8 Å². The van der Waals surface area contributed by atoms with E-state index in [0.29, 0.717) is 11.4 Å². The molecule has 98 valence electrons. The maximum Gasteiger partial charge on any atom is 0.274 e. The van der Waals surface area contributed by atoms with Crippen molar-refractivity contribution in [3.63, 3.8) is 0 Å². The number of carbonyl (C=O) groups is 1. The third kappa shape index (κ3) is 3.39. The second-order valence-corrected chi connectivity index (χ2v) is 4.42. The van der Waals surface area contributed by atoms with Crippen LogP contribution in [0, 0.1) is 6.92 Å². The second kappa shape index (κ2) is 5.63. The molecule has 2 rings (SSSR count). The van der Waals surface area contributed by atoms with Gasteiger partial charge in [0.1, 0.15) is 5.69 Å². The molecule has 4 nitrogen and oxygen atoms in total. The van der Waals surface area contributed by atoms with E-state index in [9.17, 15) is 9.90 Å². The quantitative estimate of drug-likeness (QED) is 0.887. The van der Waals surface area contributed by atoms with Gasteiger partial charge in [0.05, 0.1) is 6.10 Å². The summed E-state index contributed by atoms with van der Waals surface area (Å²) >= 11 is 0. The van der Waals surface area contributed by atoms with Crippen molar-refractivity contribution < 1.29 is 9.90 Å². The van der Waals surface area contributed by atoms with Crippen molar-refractivity contribution in [2.24, 2.45) is 0 Å². The Morgan fingerprint density at radius 1 is 1.21 bits per heavy atom. The number of nitrogens with one attached hydrogen (secondary N) is 1. The van der Waals surface area contributed by atoms with Gasteiger partial charge >= 0.3 is 0 Å². The number of aromatic nitrogens is 1. The van der Waals surface area contributed by atoms with Crippen LogP contribution < -0.4 is 5.32 Å². The largest absolute Gasteiger partial charge is 0.389 e. The van der Waals surface area contributed by atoms with Gasteiger partial charge in [-0.2, -0.15) is 0 Å². The molecule has 0 aliphatic rings. The maximum atomic E-state index is 12.0. The fraction of sp³-hybridized carbons (Fsp3) is 0.200. The summed E-state index contributed by atoms with van der Waals surface area (Å²) in [6.45, 7) is 3.54. The normalized spacial score (nSPS) is 11.9. The highest BCUT2D eigenvalue weighted by Crippen LogP contribution is 2.16. The Morgan fingerprint density at radius 2 is 1.89 bits per heavy atom. The molecule has 0 aliphatic carbocycles. The number of hydrogen-bond donors (Lipinski definition) is 2. The highest BCUT2D eigenvalue weighted by Gasteiger charge is 2.08. The first-order valence-corrected chi connectivity index (χ1v) is 6.09. The molecule has 19 heavy (non-hydrogen) atoms. The molecule has 0 radical (unpaired) electrons. The van der Waals surface area contributed by atoms with Crippen LogP contribution in [0.5, 0.6) is 0 Å². The summed E-state index contributed by atoms with van der Waals surface area (Å²) in [4.78, 5) is 16.1. The lowest BCUT2D eigenvalue weighted by molar-refractivity contribution is 0.102. The lowest BCUT2D eigenvalue weighted by atomic mass is 10.1. The minimum absolute atomic E-state index is 0.242. The highest BCUT2D eigenvalue weighted by atomic mass is 16.3. The Morgan fingerprint density at radius 3 is 2.47 bits per heavy atom. The Hall–Kier alpha value is -2.20. The van der Waals surface area contributed by atoms with Gasteiger partial charge < -0.3 is 10.4 Å². The Kier molecular flexibility index (Phi) is 3.92. The van der Waals surface area contributed by atoms with Gasteiger partial charge in [-0.15, -0.1) is 0 Å². The van der Waals surface area contributed by atoms with Crippen LogP contribution in [0.15, 0.2) is 42.5 Å². The number of amides is 1. The Labute approximate surface area is 112 Å². The molecule has 1 aromatic heterocycles. The molecule has 0 saturated carbocycles. The number of hydrogen-bond acceptors (Lipinski definition) is 3. The molecule has 1 amide bonds. The number of aliphatic hydroxyl groups excluding tert-OH is 1. The molecule has 0 bridgehead atoms. The maximum absolute atomic E-state index is 12.0. The van der Waals surface area contributed by atoms with E-state index in [4.69, 9.17) is 0 Å². The van der Waals surface area contributed by atoms with E-state index in [1.165, 1.54) is 0 Å². The van der Waals surface area contributed by atoms with Crippen molar-refractivity contribution in [2.75, 3.05) is 5.32 Å². The molecule has 0 aliphatic heterocycles. The number of anilines is 1. The number of pyridine rings is 1. The topological polar surface area (TPSA) is 62.2 Å². The standard InChI is InChI=1S/C15H16N2O2/c1-10-4-3-5-14(16-10)15(19)17-13-8-6-12(7-9-13)11(2)18/h3-9,11,18H,1-2H3,(H,17,19)/t11-/m0/s1. The number of aryl methyl sites for hydroxylation is 1. The monoisotopic (exact) mass is 256 g/mol. The fourth-order valence-electron chi connectivity index (χ4n) is 1.71. The van der Waals surface area contributed by atoms with Crippen molar-refractivity contribution in [3.8, 4) is 0 Å². The SMILES string of the molecule is Cc1cccc(C(=O)Nc2ccc([C@H](C)O)cc2)n1. The summed E-state index contributed by atoms with van der Waals surface area (Å²) in [6, 6.07) is 12.4. The van der Waals surface area contributed by atoms with Gasteiger partial charge in [0.25, 0.3) is 5.91 Å². The van der Waals surface area contributed by atoms with Gasteiger partial charge in [-0.1, -0.05) is 18.2 Å². The number of benzene rings is 1. The van der Waals surface area contributed by atoms with Crippen molar-refractivity contribution >= 4 is 11.6 Å². The van der Waals surface area contributed by atoms with Gasteiger partial charge in [-0.3, -0.25) is 4.79 Å². The zero-order valence-corrected chi connectivity index (χ0v) is 10.9. The summed E-state index contributed by atoms with van der Waals surface area (Å²) < 4.78 is 0. The second-order valence-electron chi connectivity index (χ2n) is 4.42. The fourth-order valence-corrected chi connectivity index (χ4v) is 1.71. The molecule has 1 atom stereocenters. The minimum atomic E-state index is -0.511. The van der Waals surface area contributed by atoms with Crippen LogP contribution in [-0.4, -0.2) is 16.0 Å². The van der Waals surface area contributed by atoms with Crippen molar-refractivity contribution in [1.82, 2.24) is 4.98 Å². The van der Waals surface area contributed by atoms with Gasteiger partial charge in [-0.25, -0.2) is 4.98 Å². The first-order valence-electron chi connectivity index (χ1n) is 6.09. The summed E-state index contributed by atoms with van der Waals surface area (Å²) in [6.07, 6.45) is -0.511. The molecular formula is C15H16N2O2. The molecule has 0 fully saturated rings. The van der Waals surface area contributed by atoms with E-state index in [2.05, 4.69) is 10.3 Å². The van der Waals surface area contributed by atoms with E-state index < -0.39 is 6.10 Å². The first kappa shape index (κ1) is 13.2. The molecule has 0 spiro atoms.